The Labute approximate surface area is 108 Å². The average molecular weight is 260 g/mol. The molecular weight excluding hydrogens is 248 g/mol. The molecule has 0 bridgehead atoms. The van der Waals surface area contributed by atoms with Gasteiger partial charge in [-0.25, -0.2) is 10.1 Å². The summed E-state index contributed by atoms with van der Waals surface area (Å²) in [5.41, 5.74) is 8.62. The number of hydrogen-bond acceptors (Lipinski definition) is 5. The van der Waals surface area contributed by atoms with E-state index in [2.05, 4.69) is 39.4 Å². The van der Waals surface area contributed by atoms with Gasteiger partial charge in [0.05, 0.1) is 5.69 Å². The predicted octanol–water partition coefficient (Wildman–Crippen LogP) is 1.64. The van der Waals surface area contributed by atoms with Crippen molar-refractivity contribution in [1.82, 2.24) is 24.6 Å². The number of fused-ring (bicyclic) bond motifs is 1. The first-order chi connectivity index (χ1) is 8.70. The van der Waals surface area contributed by atoms with Gasteiger partial charge in [0.25, 0.3) is 0 Å². The quantitative estimate of drug-likeness (QED) is 0.699. The van der Waals surface area contributed by atoms with E-state index in [0.717, 1.165) is 17.1 Å². The van der Waals surface area contributed by atoms with Crippen LogP contribution in [0.25, 0.3) is 5.65 Å². The van der Waals surface area contributed by atoms with E-state index in [9.17, 15) is 0 Å². The van der Waals surface area contributed by atoms with Crippen LogP contribution in [-0.4, -0.2) is 24.6 Å². The molecule has 0 saturated heterocycles. The smallest absolute Gasteiger partial charge is 0.216 e. The van der Waals surface area contributed by atoms with Gasteiger partial charge in [-0.1, -0.05) is 17.8 Å². The molecule has 3 rings (SSSR count). The van der Waals surface area contributed by atoms with Crippen LogP contribution >= 0.6 is 11.8 Å². The van der Waals surface area contributed by atoms with Crippen molar-refractivity contribution in [2.45, 2.75) is 17.8 Å². The van der Waals surface area contributed by atoms with Crippen LogP contribution in [0.5, 0.6) is 0 Å². The zero-order valence-electron chi connectivity index (χ0n) is 9.79. The van der Waals surface area contributed by atoms with Crippen molar-refractivity contribution < 1.29 is 0 Å². The van der Waals surface area contributed by atoms with E-state index >= 15 is 0 Å². The lowest BCUT2D eigenvalue weighted by Crippen LogP contribution is -1.85. The van der Waals surface area contributed by atoms with Crippen LogP contribution in [0.2, 0.25) is 0 Å². The van der Waals surface area contributed by atoms with Crippen LogP contribution in [0.1, 0.15) is 11.3 Å². The second-order valence-corrected chi connectivity index (χ2v) is 4.94. The average Bonchev–Trinajstić information content (AvgIpc) is 2.92. The number of nitrogens with zero attached hydrogens (tertiary/aromatic N) is 4. The second kappa shape index (κ2) is 4.34. The van der Waals surface area contributed by atoms with Gasteiger partial charge >= 0.3 is 0 Å². The highest BCUT2D eigenvalue weighted by molar-refractivity contribution is 7.98. The molecule has 3 aromatic rings. The van der Waals surface area contributed by atoms with E-state index in [-0.39, 0.29) is 0 Å². The monoisotopic (exact) mass is 260 g/mol. The molecule has 18 heavy (non-hydrogen) atoms. The van der Waals surface area contributed by atoms with E-state index in [1.54, 1.807) is 0 Å². The van der Waals surface area contributed by atoms with Crippen molar-refractivity contribution in [2.24, 2.45) is 0 Å². The first-order valence-corrected chi connectivity index (χ1v) is 6.44. The first kappa shape index (κ1) is 11.1. The van der Waals surface area contributed by atoms with Crippen LogP contribution in [0, 0.1) is 6.92 Å². The second-order valence-electron chi connectivity index (χ2n) is 4.00. The first-order valence-electron chi connectivity index (χ1n) is 5.45. The highest BCUT2D eigenvalue weighted by Crippen LogP contribution is 2.19. The Morgan fingerprint density at radius 2 is 2.22 bits per heavy atom. The SMILES string of the molecule is Cc1ccc2nc(CSc3n[nH]c(N)n3)cn2c1. The molecule has 0 aliphatic rings. The number of thioether (sulfide) groups is 1. The molecule has 0 atom stereocenters. The van der Waals surface area contributed by atoms with E-state index in [0.29, 0.717) is 11.1 Å². The number of anilines is 1. The fourth-order valence-electron chi connectivity index (χ4n) is 1.69. The van der Waals surface area contributed by atoms with Crippen molar-refractivity contribution >= 4 is 23.4 Å². The van der Waals surface area contributed by atoms with Gasteiger partial charge in [-0.15, -0.1) is 5.10 Å². The summed E-state index contributed by atoms with van der Waals surface area (Å²) in [5, 5.41) is 7.21. The van der Waals surface area contributed by atoms with Crippen LogP contribution in [0.15, 0.2) is 29.7 Å². The van der Waals surface area contributed by atoms with Crippen LogP contribution in [0.4, 0.5) is 5.95 Å². The summed E-state index contributed by atoms with van der Waals surface area (Å²) < 4.78 is 2.03. The summed E-state index contributed by atoms with van der Waals surface area (Å²) in [4.78, 5) is 8.55. The van der Waals surface area contributed by atoms with Crippen LogP contribution in [0.3, 0.4) is 0 Å². The standard InChI is InChI=1S/C11H12N6S/c1-7-2-3-9-13-8(5-17(9)4-7)6-18-11-14-10(12)15-16-11/h2-5H,6H2,1H3,(H3,12,14,15,16). The van der Waals surface area contributed by atoms with Gasteiger partial charge in [-0.3, -0.25) is 0 Å². The number of nitrogens with one attached hydrogen (secondary N) is 1. The number of aromatic nitrogens is 5. The molecule has 0 aromatic carbocycles. The summed E-state index contributed by atoms with van der Waals surface area (Å²) in [6.45, 7) is 2.06. The molecule has 0 radical (unpaired) electrons. The molecule has 0 spiro atoms. The minimum atomic E-state index is 0.336. The highest BCUT2D eigenvalue weighted by Gasteiger charge is 2.05. The fraction of sp³-hybridized carbons (Fsp3) is 0.182. The number of nitrogen functional groups attached to an aromatic ring is 1. The third kappa shape index (κ3) is 2.17. The maximum atomic E-state index is 5.46. The molecule has 0 aliphatic carbocycles. The third-order valence-electron chi connectivity index (χ3n) is 2.48. The summed E-state index contributed by atoms with van der Waals surface area (Å²) >= 11 is 1.50. The number of pyridine rings is 1. The fourth-order valence-corrected chi connectivity index (χ4v) is 2.38. The predicted molar refractivity (Wildman–Crippen MR) is 70.3 cm³/mol. The van der Waals surface area contributed by atoms with Crippen LogP contribution < -0.4 is 5.73 Å². The normalized spacial score (nSPS) is 11.2. The van der Waals surface area contributed by atoms with Gasteiger partial charge in [0.2, 0.25) is 11.1 Å². The summed E-state index contributed by atoms with van der Waals surface area (Å²) in [6, 6.07) is 4.06. The molecule has 0 aliphatic heterocycles. The van der Waals surface area contributed by atoms with Crippen molar-refractivity contribution in [2.75, 3.05) is 5.73 Å². The number of hydrogen-bond donors (Lipinski definition) is 2. The topological polar surface area (TPSA) is 84.9 Å². The molecule has 92 valence electrons. The number of aryl methyl sites for hydroxylation is 1. The Morgan fingerprint density at radius 3 is 3.00 bits per heavy atom. The maximum Gasteiger partial charge on any atom is 0.216 e. The molecule has 3 N–H and O–H groups in total. The highest BCUT2D eigenvalue weighted by atomic mass is 32.2. The van der Waals surface area contributed by atoms with Gasteiger partial charge in [0.1, 0.15) is 5.65 Å². The maximum absolute atomic E-state index is 5.46. The number of imidazole rings is 1. The Balaban J connectivity index is 1.78. The lowest BCUT2D eigenvalue weighted by atomic mass is 10.3. The Kier molecular flexibility index (Phi) is 2.67. The van der Waals surface area contributed by atoms with E-state index in [4.69, 9.17) is 5.73 Å². The molecule has 3 heterocycles. The van der Waals surface area contributed by atoms with Gasteiger partial charge in [-0.05, 0) is 18.6 Å². The number of aromatic amines is 1. The number of rotatable bonds is 3. The van der Waals surface area contributed by atoms with E-state index < -0.39 is 0 Å². The summed E-state index contributed by atoms with van der Waals surface area (Å²) in [5.74, 6) is 1.06. The molecule has 3 aromatic heterocycles. The zero-order chi connectivity index (χ0) is 12.5. The van der Waals surface area contributed by atoms with Crippen molar-refractivity contribution in [3.05, 3.63) is 35.8 Å². The van der Waals surface area contributed by atoms with Crippen molar-refractivity contribution in [1.29, 1.82) is 0 Å². The van der Waals surface area contributed by atoms with Gasteiger partial charge in [-0.2, -0.15) is 4.98 Å². The lowest BCUT2D eigenvalue weighted by Gasteiger charge is -1.93. The molecular formula is C11H12N6S. The van der Waals surface area contributed by atoms with Crippen LogP contribution in [-0.2, 0) is 5.75 Å². The summed E-state index contributed by atoms with van der Waals surface area (Å²) in [7, 11) is 0. The molecule has 0 unspecified atom stereocenters. The van der Waals surface area contributed by atoms with Gasteiger partial charge < -0.3 is 10.1 Å². The lowest BCUT2D eigenvalue weighted by molar-refractivity contribution is 0.972. The summed E-state index contributed by atoms with van der Waals surface area (Å²) in [6.07, 6.45) is 4.08. The minimum Gasteiger partial charge on any atom is -0.368 e. The number of nitrogens with two attached hydrogens (primary N) is 1. The Morgan fingerprint density at radius 1 is 1.33 bits per heavy atom. The molecule has 0 saturated carbocycles. The number of H-pyrrole nitrogens is 1. The van der Waals surface area contributed by atoms with Gasteiger partial charge in [0, 0.05) is 18.1 Å². The van der Waals surface area contributed by atoms with Gasteiger partial charge in [0.15, 0.2) is 0 Å². The minimum absolute atomic E-state index is 0.336. The zero-order valence-corrected chi connectivity index (χ0v) is 10.6. The molecule has 0 amide bonds. The van der Waals surface area contributed by atoms with Crippen molar-refractivity contribution in [3.63, 3.8) is 0 Å². The molecule has 6 nitrogen and oxygen atoms in total. The Bertz CT molecular complexity index is 686. The molecule has 7 heteroatoms. The van der Waals surface area contributed by atoms with E-state index in [1.165, 1.54) is 17.3 Å². The third-order valence-corrected chi connectivity index (χ3v) is 3.36. The van der Waals surface area contributed by atoms with E-state index in [1.807, 2.05) is 16.7 Å². The Hall–Kier alpha value is -2.02. The largest absolute Gasteiger partial charge is 0.368 e. The molecule has 0 fully saturated rings. The van der Waals surface area contributed by atoms with Crippen molar-refractivity contribution in [3.8, 4) is 0 Å².